The summed E-state index contributed by atoms with van der Waals surface area (Å²) in [4.78, 5) is 27.9. The van der Waals surface area contributed by atoms with Gasteiger partial charge in [0.05, 0.1) is 0 Å². The Morgan fingerprint density at radius 1 is 1.33 bits per heavy atom. The van der Waals surface area contributed by atoms with Crippen molar-refractivity contribution in [2.24, 2.45) is 5.73 Å². The van der Waals surface area contributed by atoms with E-state index in [1.54, 1.807) is 38.4 Å². The first-order chi connectivity index (χ1) is 10.9. The zero-order valence-corrected chi connectivity index (χ0v) is 15.3. The minimum absolute atomic E-state index is 0. The number of benzene rings is 1. The number of nitrogens with one attached hydrogen (secondary N) is 1. The summed E-state index contributed by atoms with van der Waals surface area (Å²) in [6, 6.07) is 6.87. The topological polar surface area (TPSA) is 78.7 Å². The summed E-state index contributed by atoms with van der Waals surface area (Å²) >= 11 is 0. The molecule has 0 aliphatic carbocycles. The lowest BCUT2D eigenvalue weighted by molar-refractivity contribution is 0.0584. The molecule has 7 heteroatoms. The number of nitrogens with zero attached hydrogens (tertiary/aromatic N) is 2. The number of hydrogen-bond donors (Lipinski definition) is 2. The molecule has 0 spiro atoms. The maximum Gasteiger partial charge on any atom is 0.321 e. The summed E-state index contributed by atoms with van der Waals surface area (Å²) in [5.74, 6) is -0.0204. The molecule has 6 nitrogen and oxygen atoms in total. The number of carbonyl (C=O) groups is 2. The molecule has 0 saturated carbocycles. The second kappa shape index (κ2) is 8.89. The number of hydrogen-bond acceptors (Lipinski definition) is 3. The Morgan fingerprint density at radius 3 is 2.67 bits per heavy atom. The molecule has 1 aliphatic heterocycles. The number of likely N-dealkylation sites (tertiary alicyclic amines) is 1. The van der Waals surface area contributed by atoms with E-state index in [9.17, 15) is 9.59 Å². The Labute approximate surface area is 149 Å². The van der Waals surface area contributed by atoms with Crippen LogP contribution in [0.2, 0.25) is 0 Å². The first kappa shape index (κ1) is 20.3. The van der Waals surface area contributed by atoms with E-state index >= 15 is 0 Å². The number of rotatable bonds is 3. The van der Waals surface area contributed by atoms with Crippen LogP contribution in [0.15, 0.2) is 24.3 Å². The number of piperidine rings is 1. The van der Waals surface area contributed by atoms with Gasteiger partial charge in [-0.2, -0.15) is 0 Å². The molecule has 1 aromatic rings. The van der Waals surface area contributed by atoms with Crippen LogP contribution < -0.4 is 11.1 Å². The minimum Gasteiger partial charge on any atom is -0.334 e. The standard InChI is InChI=1S/C17H26N4O2.ClH/c1-12(18)15-9-4-5-10-21(15)16(22)13-7-6-8-14(11-13)19-17(23)20(2)3;/h6-8,11-12,15H,4-5,9-10,18H2,1-3H3,(H,19,23);1H. The number of amides is 3. The monoisotopic (exact) mass is 354 g/mol. The fraction of sp³-hybridized carbons (Fsp3) is 0.529. The average Bonchev–Trinajstić information content (AvgIpc) is 2.54. The van der Waals surface area contributed by atoms with Crippen molar-refractivity contribution in [3.8, 4) is 0 Å². The van der Waals surface area contributed by atoms with Crippen LogP contribution in [0.25, 0.3) is 0 Å². The highest BCUT2D eigenvalue weighted by Gasteiger charge is 2.29. The van der Waals surface area contributed by atoms with E-state index in [1.807, 2.05) is 11.8 Å². The maximum absolute atomic E-state index is 12.8. The molecule has 2 rings (SSSR count). The van der Waals surface area contributed by atoms with Gasteiger partial charge in [-0.05, 0) is 44.4 Å². The van der Waals surface area contributed by atoms with Crippen LogP contribution in [0.5, 0.6) is 0 Å². The molecular weight excluding hydrogens is 328 g/mol. The third-order valence-corrected chi connectivity index (χ3v) is 4.18. The molecule has 1 heterocycles. The quantitative estimate of drug-likeness (QED) is 0.875. The molecular formula is C17H27ClN4O2. The fourth-order valence-electron chi connectivity index (χ4n) is 2.89. The van der Waals surface area contributed by atoms with Crippen molar-refractivity contribution in [3.63, 3.8) is 0 Å². The first-order valence-corrected chi connectivity index (χ1v) is 8.05. The van der Waals surface area contributed by atoms with Gasteiger partial charge in [-0.25, -0.2) is 4.79 Å². The molecule has 1 aromatic carbocycles. The van der Waals surface area contributed by atoms with Gasteiger partial charge in [0.15, 0.2) is 0 Å². The van der Waals surface area contributed by atoms with Gasteiger partial charge in [0, 0.05) is 44.0 Å². The van der Waals surface area contributed by atoms with Gasteiger partial charge in [0.1, 0.15) is 0 Å². The highest BCUT2D eigenvalue weighted by molar-refractivity contribution is 5.97. The lowest BCUT2D eigenvalue weighted by Crippen LogP contribution is -2.51. The van der Waals surface area contributed by atoms with E-state index in [1.165, 1.54) is 4.90 Å². The zero-order chi connectivity index (χ0) is 17.0. The van der Waals surface area contributed by atoms with Crippen LogP contribution in [0.3, 0.4) is 0 Å². The molecule has 24 heavy (non-hydrogen) atoms. The number of urea groups is 1. The number of halogens is 1. The first-order valence-electron chi connectivity index (χ1n) is 8.05. The van der Waals surface area contributed by atoms with Crippen molar-refractivity contribution in [1.29, 1.82) is 0 Å². The van der Waals surface area contributed by atoms with Crippen molar-refractivity contribution < 1.29 is 9.59 Å². The van der Waals surface area contributed by atoms with Crippen LogP contribution in [0.1, 0.15) is 36.5 Å². The Morgan fingerprint density at radius 2 is 2.04 bits per heavy atom. The van der Waals surface area contributed by atoms with E-state index in [0.717, 1.165) is 25.8 Å². The van der Waals surface area contributed by atoms with Gasteiger partial charge < -0.3 is 20.9 Å². The molecule has 3 amide bonds. The van der Waals surface area contributed by atoms with Gasteiger partial charge in [-0.1, -0.05) is 6.07 Å². The zero-order valence-electron chi connectivity index (χ0n) is 14.5. The van der Waals surface area contributed by atoms with Gasteiger partial charge in [0.2, 0.25) is 0 Å². The summed E-state index contributed by atoms with van der Waals surface area (Å²) in [6.45, 7) is 2.68. The summed E-state index contributed by atoms with van der Waals surface area (Å²) in [6.07, 6.45) is 3.06. The van der Waals surface area contributed by atoms with E-state index in [-0.39, 0.29) is 36.4 Å². The molecule has 0 aromatic heterocycles. The van der Waals surface area contributed by atoms with Gasteiger partial charge in [-0.3, -0.25) is 4.79 Å². The van der Waals surface area contributed by atoms with Crippen molar-refractivity contribution in [2.45, 2.75) is 38.3 Å². The molecule has 1 aliphatic rings. The molecule has 2 unspecified atom stereocenters. The normalized spacial score (nSPS) is 18.3. The largest absolute Gasteiger partial charge is 0.334 e. The second-order valence-corrected chi connectivity index (χ2v) is 6.33. The van der Waals surface area contributed by atoms with E-state index < -0.39 is 0 Å². The van der Waals surface area contributed by atoms with Crippen molar-refractivity contribution in [2.75, 3.05) is 26.0 Å². The molecule has 1 saturated heterocycles. The lowest BCUT2D eigenvalue weighted by atomic mass is 9.96. The minimum atomic E-state index is -0.221. The van der Waals surface area contributed by atoms with Crippen LogP contribution in [0.4, 0.5) is 10.5 Å². The Hall–Kier alpha value is -1.79. The molecule has 134 valence electrons. The third-order valence-electron chi connectivity index (χ3n) is 4.18. The predicted molar refractivity (Wildman–Crippen MR) is 98.7 cm³/mol. The Bertz CT molecular complexity index is 577. The van der Waals surface area contributed by atoms with Crippen molar-refractivity contribution in [3.05, 3.63) is 29.8 Å². The molecule has 0 radical (unpaired) electrons. The Balaban J connectivity index is 0.00000288. The summed E-state index contributed by atoms with van der Waals surface area (Å²) in [5.41, 5.74) is 7.24. The smallest absolute Gasteiger partial charge is 0.321 e. The Kier molecular flexibility index (Phi) is 7.51. The molecule has 2 atom stereocenters. The molecule has 1 fully saturated rings. The predicted octanol–water partition coefficient (Wildman–Crippen LogP) is 2.54. The van der Waals surface area contributed by atoms with E-state index in [2.05, 4.69) is 5.32 Å². The van der Waals surface area contributed by atoms with Crippen LogP contribution in [0, 0.1) is 0 Å². The summed E-state index contributed by atoms with van der Waals surface area (Å²) in [7, 11) is 3.34. The van der Waals surface area contributed by atoms with Crippen LogP contribution in [-0.4, -0.2) is 54.5 Å². The van der Waals surface area contributed by atoms with Gasteiger partial charge in [0.25, 0.3) is 5.91 Å². The SMILES string of the molecule is CC(N)C1CCCCN1C(=O)c1cccc(NC(=O)N(C)C)c1.Cl. The van der Waals surface area contributed by atoms with Gasteiger partial charge in [-0.15, -0.1) is 12.4 Å². The van der Waals surface area contributed by atoms with E-state index in [0.29, 0.717) is 11.3 Å². The number of nitrogens with two attached hydrogens (primary N) is 1. The third kappa shape index (κ3) is 4.85. The summed E-state index contributed by atoms with van der Waals surface area (Å²) in [5, 5.41) is 2.77. The van der Waals surface area contributed by atoms with Crippen molar-refractivity contribution in [1.82, 2.24) is 9.80 Å². The number of carbonyl (C=O) groups excluding carboxylic acids is 2. The average molecular weight is 355 g/mol. The van der Waals surface area contributed by atoms with E-state index in [4.69, 9.17) is 5.73 Å². The molecule has 3 N–H and O–H groups in total. The number of anilines is 1. The lowest BCUT2D eigenvalue weighted by Gasteiger charge is -2.38. The highest BCUT2D eigenvalue weighted by atomic mass is 35.5. The second-order valence-electron chi connectivity index (χ2n) is 6.33. The molecule has 0 bridgehead atoms. The highest BCUT2D eigenvalue weighted by Crippen LogP contribution is 2.22. The van der Waals surface area contributed by atoms with Crippen molar-refractivity contribution >= 4 is 30.0 Å². The fourth-order valence-corrected chi connectivity index (χ4v) is 2.89. The van der Waals surface area contributed by atoms with Gasteiger partial charge >= 0.3 is 6.03 Å². The summed E-state index contributed by atoms with van der Waals surface area (Å²) < 4.78 is 0. The maximum atomic E-state index is 12.8. The van der Waals surface area contributed by atoms with Crippen LogP contribution >= 0.6 is 12.4 Å². The van der Waals surface area contributed by atoms with Crippen LogP contribution in [-0.2, 0) is 0 Å².